The molecule has 0 unspecified atom stereocenters. The fourth-order valence-electron chi connectivity index (χ4n) is 3.42. The van der Waals surface area contributed by atoms with Crippen molar-refractivity contribution in [2.75, 3.05) is 16.0 Å². The predicted octanol–water partition coefficient (Wildman–Crippen LogP) is 6.04. The molecule has 1 aliphatic rings. The Morgan fingerprint density at radius 1 is 0.972 bits per heavy atom. The van der Waals surface area contributed by atoms with Gasteiger partial charge in [-0.25, -0.2) is 4.98 Å². The van der Waals surface area contributed by atoms with Crippen LogP contribution in [-0.4, -0.2) is 22.7 Å². The molecule has 0 saturated heterocycles. The number of nitrogens with zero attached hydrogens (tertiary/aromatic N) is 1. The average Bonchev–Trinajstić information content (AvgIpc) is 3.54. The van der Waals surface area contributed by atoms with Gasteiger partial charge in [0.15, 0.2) is 5.13 Å². The third kappa shape index (κ3) is 5.36. The third-order valence-electron chi connectivity index (χ3n) is 5.69. The maximum absolute atomic E-state index is 13.0. The van der Waals surface area contributed by atoms with Crippen molar-refractivity contribution in [3.63, 3.8) is 0 Å². The lowest BCUT2D eigenvalue weighted by molar-refractivity contribution is -0.137. The van der Waals surface area contributed by atoms with E-state index >= 15 is 0 Å². The van der Waals surface area contributed by atoms with Crippen LogP contribution in [0, 0.1) is 19.3 Å². The molecule has 2 aromatic carbocycles. The lowest BCUT2D eigenvalue weighted by Gasteiger charge is -2.14. The zero-order valence-corrected chi connectivity index (χ0v) is 20.6. The molecule has 1 saturated carbocycles. The van der Waals surface area contributed by atoms with Crippen LogP contribution in [0.15, 0.2) is 42.5 Å². The topological polar surface area (TPSA) is 100 Å². The Labute approximate surface area is 213 Å². The maximum atomic E-state index is 13.0. The monoisotopic (exact) mass is 536 g/mol. The SMILES string of the molecule is Cc1ccc(NC(=O)C2(C(=O)Nc3nc(C)c(C(=O)Nc4cc(C(F)(F)F)ccc4Cl)s3)CC2)cc1. The minimum absolute atomic E-state index is 0.0673. The Morgan fingerprint density at radius 3 is 2.22 bits per heavy atom. The van der Waals surface area contributed by atoms with Crippen LogP contribution in [0.25, 0.3) is 0 Å². The highest BCUT2D eigenvalue weighted by atomic mass is 35.5. The number of nitrogens with one attached hydrogen (secondary N) is 3. The third-order valence-corrected chi connectivity index (χ3v) is 7.10. The first-order valence-electron chi connectivity index (χ1n) is 10.7. The molecule has 3 aromatic rings. The van der Waals surface area contributed by atoms with E-state index in [-0.39, 0.29) is 26.4 Å². The van der Waals surface area contributed by atoms with Gasteiger partial charge in [0.1, 0.15) is 10.3 Å². The van der Waals surface area contributed by atoms with Crippen LogP contribution in [0.1, 0.15) is 39.3 Å². The number of hydrogen-bond acceptors (Lipinski definition) is 5. The second-order valence-corrected chi connectivity index (χ2v) is 9.84. The first kappa shape index (κ1) is 25.6. The first-order valence-corrected chi connectivity index (χ1v) is 11.9. The Bertz CT molecular complexity index is 1350. The molecule has 1 fully saturated rings. The molecular weight excluding hydrogens is 517 g/mol. The second kappa shape index (κ2) is 9.55. The molecule has 0 aliphatic heterocycles. The van der Waals surface area contributed by atoms with Gasteiger partial charge in [-0.05, 0) is 57.0 Å². The van der Waals surface area contributed by atoms with E-state index in [1.165, 1.54) is 6.92 Å². The standard InChI is InChI=1S/C24H20ClF3N4O3S/c1-12-3-6-15(7-4-12)30-20(34)23(9-10-23)21(35)32-22-29-13(2)18(36-22)19(33)31-17-11-14(24(26,27)28)5-8-16(17)25/h3-8,11H,9-10H2,1-2H3,(H,30,34)(H,31,33)(H,29,32,35). The summed E-state index contributed by atoms with van der Waals surface area (Å²) in [6.45, 7) is 3.44. The minimum Gasteiger partial charge on any atom is -0.325 e. The molecule has 1 aromatic heterocycles. The normalized spacial score (nSPS) is 14.2. The van der Waals surface area contributed by atoms with E-state index in [0.29, 0.717) is 18.5 Å². The van der Waals surface area contributed by atoms with Gasteiger partial charge < -0.3 is 16.0 Å². The van der Waals surface area contributed by atoms with E-state index in [1.54, 1.807) is 12.1 Å². The van der Waals surface area contributed by atoms with Crippen molar-refractivity contribution in [2.24, 2.45) is 5.41 Å². The van der Waals surface area contributed by atoms with Gasteiger partial charge in [0.05, 0.1) is 22.0 Å². The van der Waals surface area contributed by atoms with Crippen molar-refractivity contribution in [3.05, 3.63) is 69.2 Å². The average molecular weight is 537 g/mol. The van der Waals surface area contributed by atoms with Crippen LogP contribution in [-0.2, 0) is 15.8 Å². The van der Waals surface area contributed by atoms with Crippen molar-refractivity contribution < 1.29 is 27.6 Å². The summed E-state index contributed by atoms with van der Waals surface area (Å²) in [5.74, 6) is -1.71. The smallest absolute Gasteiger partial charge is 0.325 e. The van der Waals surface area contributed by atoms with E-state index in [4.69, 9.17) is 11.6 Å². The highest BCUT2D eigenvalue weighted by Crippen LogP contribution is 2.47. The summed E-state index contributed by atoms with van der Waals surface area (Å²) in [6.07, 6.45) is -3.88. The van der Waals surface area contributed by atoms with Crippen LogP contribution in [0.2, 0.25) is 5.02 Å². The molecule has 7 nitrogen and oxygen atoms in total. The molecule has 0 spiro atoms. The summed E-state index contributed by atoms with van der Waals surface area (Å²) >= 11 is 6.79. The highest BCUT2D eigenvalue weighted by molar-refractivity contribution is 7.17. The number of hydrogen-bond donors (Lipinski definition) is 3. The van der Waals surface area contributed by atoms with E-state index in [0.717, 1.165) is 35.1 Å². The fraction of sp³-hybridized carbons (Fsp3) is 0.250. The summed E-state index contributed by atoms with van der Waals surface area (Å²) in [5, 5.41) is 7.73. The summed E-state index contributed by atoms with van der Waals surface area (Å²) in [7, 11) is 0. The number of carbonyl (C=O) groups is 3. The number of halogens is 4. The van der Waals surface area contributed by atoms with Crippen LogP contribution in [0.4, 0.5) is 29.7 Å². The van der Waals surface area contributed by atoms with Gasteiger partial charge in [0.25, 0.3) is 5.91 Å². The summed E-state index contributed by atoms with van der Waals surface area (Å²) in [4.78, 5) is 42.7. The number of aromatic nitrogens is 1. The van der Waals surface area contributed by atoms with Gasteiger partial charge in [-0.15, -0.1) is 0 Å². The van der Waals surface area contributed by atoms with Crippen molar-refractivity contribution in [2.45, 2.75) is 32.9 Å². The van der Waals surface area contributed by atoms with Gasteiger partial charge in [0, 0.05) is 5.69 Å². The van der Waals surface area contributed by atoms with Crippen LogP contribution in [0.3, 0.4) is 0 Å². The minimum atomic E-state index is -4.60. The largest absolute Gasteiger partial charge is 0.416 e. The summed E-state index contributed by atoms with van der Waals surface area (Å²) < 4.78 is 39.0. The number of thiazole rings is 1. The number of alkyl halides is 3. The molecule has 0 radical (unpaired) electrons. The van der Waals surface area contributed by atoms with Crippen molar-refractivity contribution in [3.8, 4) is 0 Å². The molecule has 4 rings (SSSR count). The van der Waals surface area contributed by atoms with Gasteiger partial charge >= 0.3 is 6.18 Å². The van der Waals surface area contributed by atoms with Crippen LogP contribution in [0.5, 0.6) is 0 Å². The van der Waals surface area contributed by atoms with Crippen molar-refractivity contribution in [1.82, 2.24) is 4.98 Å². The molecule has 188 valence electrons. The predicted molar refractivity (Wildman–Crippen MR) is 131 cm³/mol. The molecule has 12 heteroatoms. The van der Waals surface area contributed by atoms with E-state index in [1.807, 2.05) is 19.1 Å². The van der Waals surface area contributed by atoms with Gasteiger partial charge in [0.2, 0.25) is 11.8 Å². The molecule has 1 aliphatic carbocycles. The van der Waals surface area contributed by atoms with Crippen molar-refractivity contribution >= 4 is 57.2 Å². The molecule has 0 atom stereocenters. The summed E-state index contributed by atoms with van der Waals surface area (Å²) in [5.41, 5.74) is -0.555. The second-order valence-electron chi connectivity index (χ2n) is 8.44. The van der Waals surface area contributed by atoms with Gasteiger partial charge in [-0.3, -0.25) is 14.4 Å². The van der Waals surface area contributed by atoms with Gasteiger partial charge in [-0.1, -0.05) is 40.6 Å². The molecule has 1 heterocycles. The van der Waals surface area contributed by atoms with Crippen LogP contribution >= 0.6 is 22.9 Å². The number of rotatable bonds is 6. The van der Waals surface area contributed by atoms with Crippen molar-refractivity contribution in [1.29, 1.82) is 0 Å². The molecule has 36 heavy (non-hydrogen) atoms. The number of amides is 3. The number of carbonyl (C=O) groups excluding carboxylic acids is 3. The molecule has 3 N–H and O–H groups in total. The molecule has 0 bridgehead atoms. The van der Waals surface area contributed by atoms with E-state index < -0.39 is 34.9 Å². The maximum Gasteiger partial charge on any atom is 0.416 e. The van der Waals surface area contributed by atoms with E-state index in [9.17, 15) is 27.6 Å². The quantitative estimate of drug-likeness (QED) is 0.334. The Kier molecular flexibility index (Phi) is 6.80. The summed E-state index contributed by atoms with van der Waals surface area (Å²) in [6, 6.07) is 9.76. The Balaban J connectivity index is 1.45. The number of aryl methyl sites for hydroxylation is 2. The van der Waals surface area contributed by atoms with Gasteiger partial charge in [-0.2, -0.15) is 13.2 Å². The number of benzene rings is 2. The zero-order chi connectivity index (χ0) is 26.3. The lowest BCUT2D eigenvalue weighted by Crippen LogP contribution is -2.35. The molecule has 3 amide bonds. The van der Waals surface area contributed by atoms with E-state index in [2.05, 4.69) is 20.9 Å². The lowest BCUT2D eigenvalue weighted by atomic mass is 10.1. The number of anilines is 3. The Morgan fingerprint density at radius 2 is 1.61 bits per heavy atom. The highest BCUT2D eigenvalue weighted by Gasteiger charge is 2.56. The fourth-order valence-corrected chi connectivity index (χ4v) is 4.45. The molecular formula is C24H20ClF3N4O3S. The zero-order valence-electron chi connectivity index (χ0n) is 19.0. The van der Waals surface area contributed by atoms with Crippen LogP contribution < -0.4 is 16.0 Å². The Hall–Kier alpha value is -3.44. The first-order chi connectivity index (χ1) is 16.9.